The highest BCUT2D eigenvalue weighted by atomic mass is 35.5. The molecule has 7 nitrogen and oxygen atoms in total. The van der Waals surface area contributed by atoms with Crippen LogP contribution in [0.1, 0.15) is 26.3 Å². The number of amides is 1. The van der Waals surface area contributed by atoms with Gasteiger partial charge >= 0.3 is 0 Å². The number of aryl methyl sites for hydroxylation is 1. The third-order valence-electron chi connectivity index (χ3n) is 5.33. The Hall–Kier alpha value is -2.29. The van der Waals surface area contributed by atoms with Crippen LogP contribution in [0.15, 0.2) is 47.4 Å². The first-order valence-electron chi connectivity index (χ1n) is 10.7. The van der Waals surface area contributed by atoms with Gasteiger partial charge in [0.2, 0.25) is 10.0 Å². The third kappa shape index (κ3) is 5.74. The predicted molar refractivity (Wildman–Crippen MR) is 127 cm³/mol. The molecule has 0 saturated carbocycles. The number of carbonyl (C=O) groups excluding carboxylic acids is 1. The lowest BCUT2D eigenvalue weighted by molar-refractivity contribution is -0.127. The predicted octanol–water partition coefficient (Wildman–Crippen LogP) is 3.45. The number of piperazine rings is 1. The number of anilines is 1. The van der Waals surface area contributed by atoms with Crippen molar-refractivity contribution in [2.45, 2.75) is 44.7 Å². The summed E-state index contributed by atoms with van der Waals surface area (Å²) in [6, 6.07) is 12.0. The third-order valence-corrected chi connectivity index (χ3v) is 7.47. The van der Waals surface area contributed by atoms with E-state index in [2.05, 4.69) is 10.2 Å². The lowest BCUT2D eigenvalue weighted by Crippen LogP contribution is -2.48. The average Bonchev–Trinajstić information content (AvgIpc) is 2.75. The molecule has 1 aliphatic rings. The first kappa shape index (κ1) is 24.4. The summed E-state index contributed by atoms with van der Waals surface area (Å²) >= 11 is 6.14. The topological polar surface area (TPSA) is 79.0 Å². The van der Waals surface area contributed by atoms with Gasteiger partial charge in [-0.2, -0.15) is 4.31 Å². The van der Waals surface area contributed by atoms with Crippen molar-refractivity contribution < 1.29 is 17.9 Å². The van der Waals surface area contributed by atoms with Crippen molar-refractivity contribution in [3.63, 3.8) is 0 Å². The van der Waals surface area contributed by atoms with Crippen molar-refractivity contribution in [3.05, 3.63) is 53.1 Å². The number of halogens is 1. The zero-order valence-corrected chi connectivity index (χ0v) is 20.4. The minimum Gasteiger partial charge on any atom is -0.481 e. The maximum Gasteiger partial charge on any atom is 0.260 e. The van der Waals surface area contributed by atoms with Crippen LogP contribution < -0.4 is 15.0 Å². The van der Waals surface area contributed by atoms with Gasteiger partial charge in [0.25, 0.3) is 5.91 Å². The van der Waals surface area contributed by atoms with E-state index >= 15 is 0 Å². The van der Waals surface area contributed by atoms with Crippen molar-refractivity contribution in [1.82, 2.24) is 9.62 Å². The van der Waals surface area contributed by atoms with Gasteiger partial charge in [0.05, 0.1) is 4.90 Å². The highest BCUT2D eigenvalue weighted by Gasteiger charge is 2.29. The quantitative estimate of drug-likeness (QED) is 0.658. The van der Waals surface area contributed by atoms with Crippen molar-refractivity contribution in [3.8, 4) is 5.75 Å². The molecule has 1 saturated heterocycles. The van der Waals surface area contributed by atoms with Crippen molar-refractivity contribution >= 4 is 33.2 Å². The fourth-order valence-electron chi connectivity index (χ4n) is 3.59. The molecule has 1 N–H and O–H groups in total. The fourth-order valence-corrected chi connectivity index (χ4v) is 5.18. The standard InChI is InChI=1S/C23H30ClN3O4S/c1-16(2)25-23(28)18(4)31-20-7-9-21(10-8-20)32(29,30)27-13-11-26(12-14-27)22-15-19(24)6-5-17(22)3/h5-10,15-16,18H,11-14H2,1-4H3,(H,25,28)/t18-/m0/s1. The van der Waals surface area contributed by atoms with Crippen LogP contribution in [-0.2, 0) is 14.8 Å². The van der Waals surface area contributed by atoms with E-state index in [4.69, 9.17) is 16.3 Å². The maximum absolute atomic E-state index is 13.1. The Kier molecular flexibility index (Phi) is 7.69. The molecule has 1 atom stereocenters. The molecule has 0 aromatic heterocycles. The van der Waals surface area contributed by atoms with Crippen LogP contribution in [0.25, 0.3) is 0 Å². The minimum atomic E-state index is -3.62. The Labute approximate surface area is 195 Å². The van der Waals surface area contributed by atoms with E-state index in [0.29, 0.717) is 37.0 Å². The second-order valence-corrected chi connectivity index (χ2v) is 10.6. The van der Waals surface area contributed by atoms with E-state index in [0.717, 1.165) is 11.3 Å². The van der Waals surface area contributed by atoms with E-state index in [1.165, 1.54) is 16.4 Å². The Morgan fingerprint density at radius 1 is 1.03 bits per heavy atom. The Morgan fingerprint density at radius 2 is 1.66 bits per heavy atom. The van der Waals surface area contributed by atoms with Crippen LogP contribution in [0.3, 0.4) is 0 Å². The van der Waals surface area contributed by atoms with Crippen molar-refractivity contribution in [1.29, 1.82) is 0 Å². The normalized spacial score (nSPS) is 16.1. The summed E-state index contributed by atoms with van der Waals surface area (Å²) in [7, 11) is -3.62. The van der Waals surface area contributed by atoms with Gasteiger partial charge in [0, 0.05) is 42.9 Å². The lowest BCUT2D eigenvalue weighted by Gasteiger charge is -2.36. The summed E-state index contributed by atoms with van der Waals surface area (Å²) < 4.78 is 33.3. The van der Waals surface area contributed by atoms with E-state index in [-0.39, 0.29) is 16.8 Å². The molecule has 9 heteroatoms. The van der Waals surface area contributed by atoms with E-state index in [1.54, 1.807) is 19.1 Å². The Balaban J connectivity index is 1.63. The Morgan fingerprint density at radius 3 is 2.25 bits per heavy atom. The molecule has 1 heterocycles. The molecule has 2 aromatic rings. The van der Waals surface area contributed by atoms with Gasteiger partial charge in [-0.15, -0.1) is 0 Å². The van der Waals surface area contributed by atoms with Gasteiger partial charge < -0.3 is 15.0 Å². The molecule has 0 radical (unpaired) electrons. The largest absolute Gasteiger partial charge is 0.481 e. The van der Waals surface area contributed by atoms with Gasteiger partial charge in [-0.05, 0) is 69.7 Å². The number of hydrogen-bond donors (Lipinski definition) is 1. The van der Waals surface area contributed by atoms with Crippen LogP contribution in [-0.4, -0.2) is 57.0 Å². The lowest BCUT2D eigenvalue weighted by atomic mass is 10.1. The van der Waals surface area contributed by atoms with Gasteiger partial charge in [-0.25, -0.2) is 8.42 Å². The van der Waals surface area contributed by atoms with Crippen molar-refractivity contribution in [2.75, 3.05) is 31.1 Å². The van der Waals surface area contributed by atoms with E-state index < -0.39 is 16.1 Å². The smallest absolute Gasteiger partial charge is 0.260 e. The highest BCUT2D eigenvalue weighted by Crippen LogP contribution is 2.27. The van der Waals surface area contributed by atoms with Crippen LogP contribution in [0.4, 0.5) is 5.69 Å². The number of ether oxygens (including phenoxy) is 1. The number of hydrogen-bond acceptors (Lipinski definition) is 5. The number of benzene rings is 2. The van der Waals surface area contributed by atoms with Crippen molar-refractivity contribution in [2.24, 2.45) is 0 Å². The SMILES string of the molecule is Cc1ccc(Cl)cc1N1CCN(S(=O)(=O)c2ccc(O[C@@H](C)C(=O)NC(C)C)cc2)CC1. The van der Waals surface area contributed by atoms with Crippen LogP contribution in [0.5, 0.6) is 5.75 Å². The molecule has 1 fully saturated rings. The highest BCUT2D eigenvalue weighted by molar-refractivity contribution is 7.89. The maximum atomic E-state index is 13.1. The first-order chi connectivity index (χ1) is 15.1. The number of rotatable bonds is 7. The monoisotopic (exact) mass is 479 g/mol. The molecule has 2 aromatic carbocycles. The number of carbonyl (C=O) groups is 1. The second kappa shape index (κ2) is 10.1. The van der Waals surface area contributed by atoms with Gasteiger partial charge in [0.15, 0.2) is 6.10 Å². The number of nitrogens with one attached hydrogen (secondary N) is 1. The summed E-state index contributed by atoms with van der Waals surface area (Å²) in [6.45, 7) is 9.38. The molecule has 0 aliphatic carbocycles. The molecular formula is C23H30ClN3O4S. The molecule has 1 amide bonds. The molecule has 32 heavy (non-hydrogen) atoms. The van der Waals surface area contributed by atoms with E-state index in [1.807, 2.05) is 39.0 Å². The van der Waals surface area contributed by atoms with Crippen LogP contribution in [0, 0.1) is 6.92 Å². The molecule has 174 valence electrons. The van der Waals surface area contributed by atoms with Crippen LogP contribution >= 0.6 is 11.6 Å². The first-order valence-corrected chi connectivity index (χ1v) is 12.5. The van der Waals surface area contributed by atoms with Gasteiger partial charge in [-0.3, -0.25) is 4.79 Å². The summed E-state index contributed by atoms with van der Waals surface area (Å²) in [5, 5.41) is 3.45. The second-order valence-electron chi connectivity index (χ2n) is 8.22. The average molecular weight is 480 g/mol. The molecule has 0 spiro atoms. The summed E-state index contributed by atoms with van der Waals surface area (Å²) in [5.41, 5.74) is 2.14. The molecule has 0 bridgehead atoms. The summed E-state index contributed by atoms with van der Waals surface area (Å²) in [4.78, 5) is 14.4. The zero-order valence-electron chi connectivity index (χ0n) is 18.8. The van der Waals surface area contributed by atoms with Gasteiger partial charge in [0.1, 0.15) is 5.75 Å². The van der Waals surface area contributed by atoms with E-state index in [9.17, 15) is 13.2 Å². The van der Waals surface area contributed by atoms with Crippen LogP contribution in [0.2, 0.25) is 5.02 Å². The minimum absolute atomic E-state index is 0.0179. The molecular weight excluding hydrogens is 450 g/mol. The molecule has 1 aliphatic heterocycles. The van der Waals surface area contributed by atoms with Gasteiger partial charge in [-0.1, -0.05) is 17.7 Å². The number of sulfonamides is 1. The Bertz CT molecular complexity index is 1050. The molecule has 0 unspecified atom stereocenters. The fraction of sp³-hybridized carbons (Fsp3) is 0.435. The summed E-state index contributed by atoms with van der Waals surface area (Å²) in [5.74, 6) is 0.223. The molecule has 3 rings (SSSR count). The zero-order chi connectivity index (χ0) is 23.5. The summed E-state index contributed by atoms with van der Waals surface area (Å²) in [6.07, 6.45) is -0.678. The number of nitrogens with zero attached hydrogens (tertiary/aromatic N) is 2.